The van der Waals surface area contributed by atoms with Crippen LogP contribution in [0, 0.1) is 0 Å². The number of benzene rings is 2. The van der Waals surface area contributed by atoms with Crippen molar-refractivity contribution in [1.29, 1.82) is 0 Å². The lowest BCUT2D eigenvalue weighted by atomic mass is 10.1. The third-order valence-corrected chi connectivity index (χ3v) is 4.31. The Morgan fingerprint density at radius 2 is 1.81 bits per heavy atom. The fourth-order valence-corrected chi connectivity index (χ4v) is 2.74. The van der Waals surface area contributed by atoms with Crippen molar-refractivity contribution in [2.24, 2.45) is 0 Å². The molecule has 0 saturated carbocycles. The summed E-state index contributed by atoms with van der Waals surface area (Å²) in [4.78, 5) is 26.3. The van der Waals surface area contributed by atoms with E-state index >= 15 is 0 Å². The Kier molecular flexibility index (Phi) is 7.49. The van der Waals surface area contributed by atoms with Crippen molar-refractivity contribution in [3.8, 4) is 11.5 Å². The lowest BCUT2D eigenvalue weighted by molar-refractivity contribution is -0.142. The van der Waals surface area contributed by atoms with Crippen LogP contribution in [-0.2, 0) is 16.1 Å². The van der Waals surface area contributed by atoms with E-state index in [2.05, 4.69) is 5.32 Å². The highest BCUT2D eigenvalue weighted by atomic mass is 35.5. The van der Waals surface area contributed by atoms with Gasteiger partial charge in [-0.25, -0.2) is 0 Å². The van der Waals surface area contributed by atoms with Crippen LogP contribution in [0.2, 0.25) is 5.02 Å². The van der Waals surface area contributed by atoms with Gasteiger partial charge in [0.25, 0.3) is 5.91 Å². The average Bonchev–Trinajstić information content (AvgIpc) is 2.69. The van der Waals surface area contributed by atoms with Gasteiger partial charge in [-0.15, -0.1) is 0 Å². The van der Waals surface area contributed by atoms with Gasteiger partial charge in [-0.3, -0.25) is 9.59 Å². The Labute approximate surface area is 164 Å². The zero-order chi connectivity index (χ0) is 19.8. The molecule has 0 fully saturated rings. The molecular weight excluding hydrogens is 368 g/mol. The summed E-state index contributed by atoms with van der Waals surface area (Å²) in [5.74, 6) is 0.681. The first kappa shape index (κ1) is 20.6. The van der Waals surface area contributed by atoms with Crippen molar-refractivity contribution in [2.75, 3.05) is 20.8 Å². The van der Waals surface area contributed by atoms with Crippen LogP contribution in [0.3, 0.4) is 0 Å². The summed E-state index contributed by atoms with van der Waals surface area (Å²) < 4.78 is 10.7. The maximum Gasteiger partial charge on any atom is 0.261 e. The number of carbonyl (C=O) groups is 2. The second-order valence-corrected chi connectivity index (χ2v) is 6.34. The van der Waals surface area contributed by atoms with Crippen LogP contribution < -0.4 is 14.8 Å². The second kappa shape index (κ2) is 9.83. The Morgan fingerprint density at radius 3 is 2.41 bits per heavy atom. The van der Waals surface area contributed by atoms with E-state index in [-0.39, 0.29) is 25.0 Å². The summed E-state index contributed by atoms with van der Waals surface area (Å²) in [7, 11) is 3.11. The van der Waals surface area contributed by atoms with Crippen LogP contribution in [0.1, 0.15) is 12.5 Å². The fourth-order valence-electron chi connectivity index (χ4n) is 2.52. The molecule has 7 heteroatoms. The number of hydrogen-bond donors (Lipinski definition) is 1. The maximum absolute atomic E-state index is 12.8. The number of amides is 2. The summed E-state index contributed by atoms with van der Waals surface area (Å²) in [6.07, 6.45) is 0. The molecule has 144 valence electrons. The summed E-state index contributed by atoms with van der Waals surface area (Å²) in [5, 5.41) is 3.14. The zero-order valence-corrected chi connectivity index (χ0v) is 16.3. The molecule has 0 spiro atoms. The van der Waals surface area contributed by atoms with Gasteiger partial charge in [0.1, 0.15) is 17.5 Å². The lowest BCUT2D eigenvalue weighted by Crippen LogP contribution is -2.48. The zero-order valence-electron chi connectivity index (χ0n) is 15.6. The number of nitrogens with one attached hydrogen (secondary N) is 1. The monoisotopic (exact) mass is 390 g/mol. The summed E-state index contributed by atoms with van der Waals surface area (Å²) in [6, 6.07) is 13.5. The predicted molar refractivity (Wildman–Crippen MR) is 104 cm³/mol. The number of likely N-dealkylation sites (N-methyl/N-ethyl adjacent to an activating group) is 1. The third kappa shape index (κ3) is 5.89. The van der Waals surface area contributed by atoms with Crippen LogP contribution in [-0.4, -0.2) is 43.5 Å². The Morgan fingerprint density at radius 1 is 1.15 bits per heavy atom. The van der Waals surface area contributed by atoms with E-state index in [1.54, 1.807) is 56.5 Å². The van der Waals surface area contributed by atoms with Gasteiger partial charge in [0.15, 0.2) is 6.61 Å². The molecule has 2 aromatic rings. The molecule has 1 N–H and O–H groups in total. The van der Waals surface area contributed by atoms with Crippen molar-refractivity contribution >= 4 is 23.4 Å². The minimum absolute atomic E-state index is 0.186. The van der Waals surface area contributed by atoms with Crippen molar-refractivity contribution in [2.45, 2.75) is 19.5 Å². The van der Waals surface area contributed by atoms with E-state index in [0.717, 1.165) is 5.56 Å². The minimum atomic E-state index is -0.652. The highest BCUT2D eigenvalue weighted by Gasteiger charge is 2.25. The largest absolute Gasteiger partial charge is 0.497 e. The van der Waals surface area contributed by atoms with E-state index in [0.29, 0.717) is 16.5 Å². The number of hydrogen-bond acceptors (Lipinski definition) is 4. The number of rotatable bonds is 8. The standard InChI is InChI=1S/C20H23ClN2O4/c1-14(20(25)22-2)23(12-15-5-4-6-16(21)11-15)19(24)13-27-18-9-7-17(26-3)8-10-18/h4-11,14H,12-13H2,1-3H3,(H,22,25)/t14-/m0/s1. The van der Waals surface area contributed by atoms with Crippen LogP contribution in [0.15, 0.2) is 48.5 Å². The predicted octanol–water partition coefficient (Wildman–Crippen LogP) is 2.89. The Balaban J connectivity index is 2.10. The van der Waals surface area contributed by atoms with Crippen molar-refractivity contribution in [3.63, 3.8) is 0 Å². The summed E-state index contributed by atoms with van der Waals surface area (Å²) in [5.41, 5.74) is 0.830. The van der Waals surface area contributed by atoms with Crippen LogP contribution in [0.4, 0.5) is 0 Å². The Bertz CT molecular complexity index is 780. The number of methoxy groups -OCH3 is 1. The first-order valence-electron chi connectivity index (χ1n) is 8.47. The van der Waals surface area contributed by atoms with Gasteiger partial charge < -0.3 is 19.7 Å². The molecule has 27 heavy (non-hydrogen) atoms. The molecule has 0 aliphatic heterocycles. The normalized spacial score (nSPS) is 11.4. The molecule has 0 aliphatic rings. The average molecular weight is 391 g/mol. The number of ether oxygens (including phenoxy) is 2. The van der Waals surface area contributed by atoms with E-state index in [4.69, 9.17) is 21.1 Å². The molecule has 0 unspecified atom stereocenters. The van der Waals surface area contributed by atoms with Crippen LogP contribution >= 0.6 is 11.6 Å². The second-order valence-electron chi connectivity index (χ2n) is 5.91. The lowest BCUT2D eigenvalue weighted by Gasteiger charge is -2.28. The summed E-state index contributed by atoms with van der Waals surface area (Å²) in [6.45, 7) is 1.74. The molecule has 6 nitrogen and oxygen atoms in total. The van der Waals surface area contributed by atoms with Crippen molar-refractivity contribution in [3.05, 3.63) is 59.1 Å². The van der Waals surface area contributed by atoms with Crippen LogP contribution in [0.25, 0.3) is 0 Å². The van der Waals surface area contributed by atoms with Gasteiger partial charge in [0.05, 0.1) is 7.11 Å². The van der Waals surface area contributed by atoms with Gasteiger partial charge in [-0.05, 0) is 48.9 Å². The molecule has 0 radical (unpaired) electrons. The van der Waals surface area contributed by atoms with E-state index < -0.39 is 6.04 Å². The molecular formula is C20H23ClN2O4. The molecule has 2 rings (SSSR count). The van der Waals surface area contributed by atoms with E-state index in [9.17, 15) is 9.59 Å². The van der Waals surface area contributed by atoms with Gasteiger partial charge in [0.2, 0.25) is 5.91 Å². The van der Waals surface area contributed by atoms with Crippen LogP contribution in [0.5, 0.6) is 11.5 Å². The molecule has 0 bridgehead atoms. The number of nitrogens with zero attached hydrogens (tertiary/aromatic N) is 1. The quantitative estimate of drug-likeness (QED) is 0.752. The van der Waals surface area contributed by atoms with Gasteiger partial charge in [-0.1, -0.05) is 23.7 Å². The number of carbonyl (C=O) groups excluding carboxylic acids is 2. The maximum atomic E-state index is 12.8. The van der Waals surface area contributed by atoms with Crippen molar-refractivity contribution in [1.82, 2.24) is 10.2 Å². The summed E-state index contributed by atoms with van der Waals surface area (Å²) >= 11 is 6.03. The van der Waals surface area contributed by atoms with Gasteiger partial charge >= 0.3 is 0 Å². The molecule has 0 saturated heterocycles. The van der Waals surface area contributed by atoms with Gasteiger partial charge in [-0.2, -0.15) is 0 Å². The smallest absolute Gasteiger partial charge is 0.261 e. The topological polar surface area (TPSA) is 67.9 Å². The molecule has 0 aliphatic carbocycles. The van der Waals surface area contributed by atoms with E-state index in [1.807, 2.05) is 6.07 Å². The third-order valence-electron chi connectivity index (χ3n) is 4.08. The van der Waals surface area contributed by atoms with Crippen molar-refractivity contribution < 1.29 is 19.1 Å². The van der Waals surface area contributed by atoms with E-state index in [1.165, 1.54) is 11.9 Å². The fraction of sp³-hybridized carbons (Fsp3) is 0.300. The minimum Gasteiger partial charge on any atom is -0.497 e. The first-order chi connectivity index (χ1) is 12.9. The highest BCUT2D eigenvalue weighted by Crippen LogP contribution is 2.18. The molecule has 0 aromatic heterocycles. The van der Waals surface area contributed by atoms with Gasteiger partial charge in [0, 0.05) is 18.6 Å². The molecule has 2 aromatic carbocycles. The SMILES string of the molecule is CNC(=O)[C@H](C)N(Cc1cccc(Cl)c1)C(=O)COc1ccc(OC)cc1. The highest BCUT2D eigenvalue weighted by molar-refractivity contribution is 6.30. The first-order valence-corrected chi connectivity index (χ1v) is 8.84. The molecule has 0 heterocycles. The molecule has 1 atom stereocenters. The Hall–Kier alpha value is -2.73. The number of halogens is 1. The molecule has 2 amide bonds.